The van der Waals surface area contributed by atoms with Crippen molar-refractivity contribution in [3.05, 3.63) is 23.3 Å². The van der Waals surface area contributed by atoms with Crippen LogP contribution in [-0.4, -0.2) is 13.5 Å². The molecule has 11 heteroatoms. The molecule has 0 aliphatic carbocycles. The summed E-state index contributed by atoms with van der Waals surface area (Å²) in [7, 11) is -5.05. The van der Waals surface area contributed by atoms with Gasteiger partial charge in [0.25, 0.3) is 0 Å². The standard InChI is InChI=1S/C8H5F6NO3S/c9-7(10,11)5-3(16)1-2-4(19(15,17)18)6(5)8(12,13)14/h1-2,16H,(H2,15,17,18). The van der Waals surface area contributed by atoms with E-state index >= 15 is 0 Å². The number of benzene rings is 1. The first-order valence-electron chi connectivity index (χ1n) is 4.29. The highest BCUT2D eigenvalue weighted by molar-refractivity contribution is 7.89. The number of halogens is 6. The second kappa shape index (κ2) is 4.27. The van der Waals surface area contributed by atoms with Gasteiger partial charge in [-0.2, -0.15) is 26.3 Å². The lowest BCUT2D eigenvalue weighted by molar-refractivity contribution is -0.164. The molecule has 0 unspecified atom stereocenters. The maximum Gasteiger partial charge on any atom is 0.420 e. The van der Waals surface area contributed by atoms with E-state index in [1.54, 1.807) is 0 Å². The largest absolute Gasteiger partial charge is 0.507 e. The molecule has 0 spiro atoms. The van der Waals surface area contributed by atoms with Crippen molar-refractivity contribution in [2.24, 2.45) is 5.14 Å². The normalized spacial score (nSPS) is 13.6. The van der Waals surface area contributed by atoms with E-state index in [1.165, 1.54) is 0 Å². The molecule has 4 nitrogen and oxygen atoms in total. The van der Waals surface area contributed by atoms with Crippen molar-refractivity contribution in [2.75, 3.05) is 0 Å². The zero-order valence-corrected chi connectivity index (χ0v) is 9.49. The average molecular weight is 309 g/mol. The summed E-state index contributed by atoms with van der Waals surface area (Å²) in [6.45, 7) is 0. The molecule has 0 saturated heterocycles. The summed E-state index contributed by atoms with van der Waals surface area (Å²) in [6, 6.07) is 0.334. The number of aromatic hydroxyl groups is 1. The molecule has 0 atom stereocenters. The number of primary sulfonamides is 1. The van der Waals surface area contributed by atoms with Crippen LogP contribution in [0.1, 0.15) is 11.1 Å². The van der Waals surface area contributed by atoms with E-state index in [-0.39, 0.29) is 12.1 Å². The fourth-order valence-corrected chi connectivity index (χ4v) is 2.14. The van der Waals surface area contributed by atoms with Gasteiger partial charge in [-0.05, 0) is 12.1 Å². The van der Waals surface area contributed by atoms with E-state index in [4.69, 9.17) is 5.11 Å². The third-order valence-corrected chi connectivity index (χ3v) is 2.97. The highest BCUT2D eigenvalue weighted by Gasteiger charge is 2.48. The number of sulfonamides is 1. The highest BCUT2D eigenvalue weighted by Crippen LogP contribution is 2.46. The predicted molar refractivity (Wildman–Crippen MR) is 49.5 cm³/mol. The average Bonchev–Trinajstić information content (AvgIpc) is 2.11. The summed E-state index contributed by atoms with van der Waals surface area (Å²) in [4.78, 5) is -1.76. The van der Waals surface area contributed by atoms with E-state index in [2.05, 4.69) is 5.14 Å². The van der Waals surface area contributed by atoms with Crippen molar-refractivity contribution in [1.29, 1.82) is 0 Å². The van der Waals surface area contributed by atoms with Gasteiger partial charge in [-0.25, -0.2) is 13.6 Å². The zero-order chi connectivity index (χ0) is 15.2. The first-order valence-corrected chi connectivity index (χ1v) is 5.84. The molecule has 0 aliphatic heterocycles. The Kier molecular flexibility index (Phi) is 3.50. The third kappa shape index (κ3) is 3.10. The number of phenolic OH excluding ortho intramolecular Hbond substituents is 1. The van der Waals surface area contributed by atoms with E-state index in [9.17, 15) is 34.8 Å². The Hall–Kier alpha value is -1.49. The molecule has 0 heterocycles. The lowest BCUT2D eigenvalue weighted by Gasteiger charge is -2.19. The fraction of sp³-hybridized carbons (Fsp3) is 0.250. The van der Waals surface area contributed by atoms with Crippen LogP contribution in [0.25, 0.3) is 0 Å². The highest BCUT2D eigenvalue weighted by atomic mass is 32.2. The summed E-state index contributed by atoms with van der Waals surface area (Å²) in [6.07, 6.45) is -11.3. The Bertz CT molecular complexity index is 604. The van der Waals surface area contributed by atoms with E-state index in [0.717, 1.165) is 0 Å². The molecule has 0 bridgehead atoms. The van der Waals surface area contributed by atoms with Gasteiger partial charge in [0, 0.05) is 0 Å². The molecule has 0 amide bonds. The maximum atomic E-state index is 12.6. The summed E-state index contributed by atoms with van der Waals surface area (Å²) >= 11 is 0. The monoisotopic (exact) mass is 309 g/mol. The minimum absolute atomic E-state index is 0.155. The molecule has 3 N–H and O–H groups in total. The van der Waals surface area contributed by atoms with Gasteiger partial charge in [-0.15, -0.1) is 0 Å². The second-order valence-electron chi connectivity index (χ2n) is 3.37. The smallest absolute Gasteiger partial charge is 0.420 e. The summed E-state index contributed by atoms with van der Waals surface area (Å²) in [5, 5.41) is 13.4. The van der Waals surface area contributed by atoms with Crippen molar-refractivity contribution in [2.45, 2.75) is 17.2 Å². The van der Waals surface area contributed by atoms with Gasteiger partial charge in [0.05, 0.1) is 10.5 Å². The Balaban J connectivity index is 3.93. The van der Waals surface area contributed by atoms with Crippen LogP contribution in [0.15, 0.2) is 17.0 Å². The van der Waals surface area contributed by atoms with Gasteiger partial charge >= 0.3 is 12.4 Å². The van der Waals surface area contributed by atoms with Crippen LogP contribution in [0, 0.1) is 0 Å². The SMILES string of the molecule is NS(=O)(=O)c1ccc(O)c(C(F)(F)F)c1C(F)(F)F. The number of hydrogen-bond acceptors (Lipinski definition) is 3. The molecular formula is C8H5F6NO3S. The Labute approximate surface area is 102 Å². The topological polar surface area (TPSA) is 80.4 Å². The van der Waals surface area contributed by atoms with Gasteiger partial charge in [-0.1, -0.05) is 0 Å². The number of hydrogen-bond donors (Lipinski definition) is 2. The van der Waals surface area contributed by atoms with Crippen LogP contribution < -0.4 is 5.14 Å². The molecule has 0 aliphatic rings. The van der Waals surface area contributed by atoms with Crippen LogP contribution in [0.4, 0.5) is 26.3 Å². The van der Waals surface area contributed by atoms with E-state index in [0.29, 0.717) is 0 Å². The van der Waals surface area contributed by atoms with Gasteiger partial charge in [0.1, 0.15) is 11.3 Å². The first-order chi connectivity index (χ1) is 8.26. The van der Waals surface area contributed by atoms with Crippen molar-refractivity contribution < 1.29 is 39.9 Å². The molecule has 108 valence electrons. The number of nitrogens with two attached hydrogens (primary N) is 1. The Morgan fingerprint density at radius 1 is 0.947 bits per heavy atom. The fourth-order valence-electron chi connectivity index (χ4n) is 1.38. The van der Waals surface area contributed by atoms with Crippen molar-refractivity contribution in [1.82, 2.24) is 0 Å². The minimum atomic E-state index is -5.66. The molecule has 1 aromatic rings. The van der Waals surface area contributed by atoms with Crippen LogP contribution in [-0.2, 0) is 22.4 Å². The van der Waals surface area contributed by atoms with E-state index < -0.39 is 44.1 Å². The Morgan fingerprint density at radius 3 is 1.68 bits per heavy atom. The molecule has 0 saturated carbocycles. The van der Waals surface area contributed by atoms with Crippen LogP contribution >= 0.6 is 0 Å². The van der Waals surface area contributed by atoms with Crippen molar-refractivity contribution >= 4 is 10.0 Å². The van der Waals surface area contributed by atoms with Gasteiger partial charge < -0.3 is 5.11 Å². The molecule has 19 heavy (non-hydrogen) atoms. The van der Waals surface area contributed by atoms with Gasteiger partial charge in [0.15, 0.2) is 0 Å². The summed E-state index contributed by atoms with van der Waals surface area (Å²) < 4.78 is 97.2. The lowest BCUT2D eigenvalue weighted by Crippen LogP contribution is -2.24. The summed E-state index contributed by atoms with van der Waals surface area (Å²) in [5.41, 5.74) is -5.03. The second-order valence-corrected chi connectivity index (χ2v) is 4.90. The molecule has 0 fully saturated rings. The molecule has 0 radical (unpaired) electrons. The molecule has 1 aromatic carbocycles. The Morgan fingerprint density at radius 2 is 1.37 bits per heavy atom. The van der Waals surface area contributed by atoms with Crippen LogP contribution in [0.5, 0.6) is 5.75 Å². The third-order valence-electron chi connectivity index (χ3n) is 2.02. The first kappa shape index (κ1) is 15.6. The number of rotatable bonds is 1. The van der Waals surface area contributed by atoms with E-state index in [1.807, 2.05) is 0 Å². The predicted octanol–water partition coefficient (Wildman–Crippen LogP) is 2.08. The molecule has 0 aromatic heterocycles. The minimum Gasteiger partial charge on any atom is -0.507 e. The molecule has 1 rings (SSSR count). The van der Waals surface area contributed by atoms with Crippen molar-refractivity contribution in [3.63, 3.8) is 0 Å². The van der Waals surface area contributed by atoms with Crippen molar-refractivity contribution in [3.8, 4) is 5.75 Å². The lowest BCUT2D eigenvalue weighted by atomic mass is 10.1. The molecular weight excluding hydrogens is 304 g/mol. The quantitative estimate of drug-likeness (QED) is 0.779. The number of phenols is 1. The number of alkyl halides is 6. The zero-order valence-electron chi connectivity index (χ0n) is 8.67. The van der Waals surface area contributed by atoms with Crippen LogP contribution in [0.2, 0.25) is 0 Å². The summed E-state index contributed by atoms with van der Waals surface area (Å²) in [5.74, 6) is -1.74. The maximum absolute atomic E-state index is 12.6. The van der Waals surface area contributed by atoms with Crippen LogP contribution in [0.3, 0.4) is 0 Å². The van der Waals surface area contributed by atoms with Gasteiger partial charge in [-0.3, -0.25) is 0 Å². The van der Waals surface area contributed by atoms with Gasteiger partial charge in [0.2, 0.25) is 10.0 Å².